The Hall–Kier alpha value is -2.41. The summed E-state index contributed by atoms with van der Waals surface area (Å²) >= 11 is 3.34. The second-order valence-electron chi connectivity index (χ2n) is 5.54. The molecule has 0 atom stereocenters. The summed E-state index contributed by atoms with van der Waals surface area (Å²) in [6, 6.07) is 8.88. The van der Waals surface area contributed by atoms with Crippen LogP contribution in [-0.4, -0.2) is 24.1 Å². The molecule has 132 valence electrons. The van der Waals surface area contributed by atoms with Crippen molar-refractivity contribution >= 4 is 39.2 Å². The van der Waals surface area contributed by atoms with E-state index in [0.29, 0.717) is 29.2 Å². The summed E-state index contributed by atoms with van der Waals surface area (Å²) in [4.78, 5) is 35.1. The Bertz CT molecular complexity index is 798. The van der Waals surface area contributed by atoms with Crippen LogP contribution in [0.5, 0.6) is 0 Å². The number of halogens is 1. The number of ketones is 1. The molecule has 0 unspecified atom stereocenters. The van der Waals surface area contributed by atoms with Gasteiger partial charge in [-0.1, -0.05) is 12.1 Å². The average Bonchev–Trinajstić information content (AvgIpc) is 2.94. The van der Waals surface area contributed by atoms with Gasteiger partial charge in [-0.25, -0.2) is 0 Å². The summed E-state index contributed by atoms with van der Waals surface area (Å²) in [6.07, 6.45) is 0.540. The number of hydrogen-bond donors (Lipinski definition) is 2. The highest BCUT2D eigenvalue weighted by atomic mass is 79.9. The van der Waals surface area contributed by atoms with E-state index in [9.17, 15) is 14.4 Å². The Morgan fingerprint density at radius 2 is 1.88 bits per heavy atom. The minimum Gasteiger partial charge on any atom is -0.466 e. The number of hydrogen-bond acceptors (Lipinski definition) is 4. The molecule has 0 aliphatic rings. The van der Waals surface area contributed by atoms with Crippen LogP contribution in [0.3, 0.4) is 0 Å². The van der Waals surface area contributed by atoms with E-state index < -0.39 is 0 Å². The van der Waals surface area contributed by atoms with Crippen molar-refractivity contribution in [1.82, 2.24) is 5.32 Å². The van der Waals surface area contributed by atoms with Crippen molar-refractivity contribution in [2.24, 2.45) is 0 Å². The molecule has 0 saturated heterocycles. The predicted octanol–water partition coefficient (Wildman–Crippen LogP) is 3.24. The molecule has 1 aromatic heterocycles. The number of rotatable bonds is 7. The van der Waals surface area contributed by atoms with Gasteiger partial charge in [0.05, 0.1) is 17.8 Å². The second-order valence-corrected chi connectivity index (χ2v) is 6.40. The summed E-state index contributed by atoms with van der Waals surface area (Å²) < 4.78 is 6.23. The monoisotopic (exact) mass is 406 g/mol. The Balaban J connectivity index is 1.77. The van der Waals surface area contributed by atoms with Gasteiger partial charge in [-0.05, 0) is 48.0 Å². The minimum absolute atomic E-state index is 0.0688. The number of benzene rings is 1. The highest BCUT2D eigenvalue weighted by Crippen LogP contribution is 2.20. The number of amides is 2. The van der Waals surface area contributed by atoms with Crippen LogP contribution >= 0.6 is 15.9 Å². The van der Waals surface area contributed by atoms with Crippen LogP contribution in [0.15, 0.2) is 39.2 Å². The van der Waals surface area contributed by atoms with E-state index >= 15 is 0 Å². The molecule has 0 saturated carbocycles. The molecule has 0 fully saturated rings. The molecule has 7 heteroatoms. The summed E-state index contributed by atoms with van der Waals surface area (Å²) in [7, 11) is 0. The molecule has 2 amide bonds. The van der Waals surface area contributed by atoms with Gasteiger partial charge in [-0.3, -0.25) is 14.4 Å². The number of Topliss-reactive ketones (excluding diaryl/α,β-unsaturated/α-hetero) is 1. The molecule has 0 aliphatic heterocycles. The Morgan fingerprint density at radius 1 is 1.16 bits per heavy atom. The first-order valence-electron chi connectivity index (χ1n) is 7.78. The van der Waals surface area contributed by atoms with Gasteiger partial charge in [0, 0.05) is 17.3 Å². The van der Waals surface area contributed by atoms with E-state index in [1.54, 1.807) is 25.1 Å². The van der Waals surface area contributed by atoms with Gasteiger partial charge in [0.25, 0.3) is 0 Å². The third-order valence-corrected chi connectivity index (χ3v) is 4.23. The molecule has 0 radical (unpaired) electrons. The number of para-hydroxylation sites is 1. The maximum atomic E-state index is 11.9. The first kappa shape index (κ1) is 18.9. The summed E-state index contributed by atoms with van der Waals surface area (Å²) in [5.74, 6) is 0.487. The topological polar surface area (TPSA) is 88.4 Å². The van der Waals surface area contributed by atoms with Crippen molar-refractivity contribution in [1.29, 1.82) is 0 Å². The van der Waals surface area contributed by atoms with Gasteiger partial charge in [0.2, 0.25) is 11.8 Å². The van der Waals surface area contributed by atoms with Gasteiger partial charge < -0.3 is 15.1 Å². The molecule has 1 aromatic carbocycles. The lowest BCUT2D eigenvalue weighted by Gasteiger charge is -2.08. The molecule has 0 bridgehead atoms. The fraction of sp³-hybridized carbons (Fsp3) is 0.278. The molecule has 2 aromatic rings. The van der Waals surface area contributed by atoms with Crippen molar-refractivity contribution in [3.8, 4) is 0 Å². The molecule has 0 aliphatic carbocycles. The van der Waals surface area contributed by atoms with Crippen LogP contribution in [0.1, 0.15) is 35.2 Å². The van der Waals surface area contributed by atoms with E-state index in [-0.39, 0.29) is 30.6 Å². The average molecular weight is 407 g/mol. The van der Waals surface area contributed by atoms with Crippen molar-refractivity contribution in [2.75, 3.05) is 11.9 Å². The van der Waals surface area contributed by atoms with Crippen LogP contribution in [0, 0.1) is 6.92 Å². The SMILES string of the molecule is CC(=O)c1cc(CCC(=O)NCC(=O)Nc2ccccc2Br)oc1C. The Morgan fingerprint density at radius 3 is 2.52 bits per heavy atom. The predicted molar refractivity (Wildman–Crippen MR) is 97.6 cm³/mol. The molecule has 25 heavy (non-hydrogen) atoms. The lowest BCUT2D eigenvalue weighted by molar-refractivity contribution is -0.124. The lowest BCUT2D eigenvalue weighted by Crippen LogP contribution is -2.33. The smallest absolute Gasteiger partial charge is 0.243 e. The van der Waals surface area contributed by atoms with E-state index in [4.69, 9.17) is 4.42 Å². The molecule has 0 spiro atoms. The second kappa shape index (κ2) is 8.62. The summed E-state index contributed by atoms with van der Waals surface area (Å²) in [5, 5.41) is 5.27. The fourth-order valence-corrected chi connectivity index (χ4v) is 2.66. The van der Waals surface area contributed by atoms with Crippen LogP contribution in [0.2, 0.25) is 0 Å². The number of aryl methyl sites for hydroxylation is 2. The molecule has 2 N–H and O–H groups in total. The largest absolute Gasteiger partial charge is 0.466 e. The van der Waals surface area contributed by atoms with Crippen molar-refractivity contribution in [3.63, 3.8) is 0 Å². The molecule has 6 nitrogen and oxygen atoms in total. The number of carbonyl (C=O) groups excluding carboxylic acids is 3. The van der Waals surface area contributed by atoms with Gasteiger partial charge in [-0.2, -0.15) is 0 Å². The van der Waals surface area contributed by atoms with Crippen LogP contribution < -0.4 is 10.6 Å². The first-order chi connectivity index (χ1) is 11.9. The zero-order valence-electron chi connectivity index (χ0n) is 14.0. The molecule has 1 heterocycles. The summed E-state index contributed by atoms with van der Waals surface area (Å²) in [5.41, 5.74) is 1.17. The molecular formula is C18H19BrN2O4. The maximum Gasteiger partial charge on any atom is 0.243 e. The van der Waals surface area contributed by atoms with Gasteiger partial charge in [-0.15, -0.1) is 0 Å². The highest BCUT2D eigenvalue weighted by Gasteiger charge is 2.13. The van der Waals surface area contributed by atoms with E-state index in [1.165, 1.54) is 6.92 Å². The van der Waals surface area contributed by atoms with Crippen LogP contribution in [0.25, 0.3) is 0 Å². The standard InChI is InChI=1S/C18H19BrN2O4/c1-11(22)14-9-13(25-12(14)2)7-8-17(23)20-10-18(24)21-16-6-4-3-5-15(16)19/h3-6,9H,7-8,10H2,1-2H3,(H,20,23)(H,21,24). The molecular weight excluding hydrogens is 388 g/mol. The van der Waals surface area contributed by atoms with Crippen LogP contribution in [-0.2, 0) is 16.0 Å². The van der Waals surface area contributed by atoms with Gasteiger partial charge >= 0.3 is 0 Å². The van der Waals surface area contributed by atoms with E-state index in [0.717, 1.165) is 4.47 Å². The van der Waals surface area contributed by atoms with Crippen LogP contribution in [0.4, 0.5) is 5.69 Å². The Kier molecular flexibility index (Phi) is 6.52. The van der Waals surface area contributed by atoms with Gasteiger partial charge in [0.1, 0.15) is 11.5 Å². The quantitative estimate of drug-likeness (QED) is 0.690. The zero-order valence-corrected chi connectivity index (χ0v) is 15.6. The maximum absolute atomic E-state index is 11.9. The number of furan rings is 1. The van der Waals surface area contributed by atoms with Crippen molar-refractivity contribution in [3.05, 3.63) is 51.9 Å². The number of anilines is 1. The van der Waals surface area contributed by atoms with Crippen molar-refractivity contribution < 1.29 is 18.8 Å². The minimum atomic E-state index is -0.312. The molecule has 2 rings (SSSR count). The van der Waals surface area contributed by atoms with E-state index in [1.807, 2.05) is 12.1 Å². The summed E-state index contributed by atoms with van der Waals surface area (Å²) in [6.45, 7) is 3.07. The number of carbonyl (C=O) groups is 3. The van der Waals surface area contributed by atoms with Gasteiger partial charge in [0.15, 0.2) is 5.78 Å². The third-order valence-electron chi connectivity index (χ3n) is 3.54. The first-order valence-corrected chi connectivity index (χ1v) is 8.57. The fourth-order valence-electron chi connectivity index (χ4n) is 2.28. The lowest BCUT2D eigenvalue weighted by atomic mass is 10.1. The van der Waals surface area contributed by atoms with E-state index in [2.05, 4.69) is 26.6 Å². The Labute approximate surface area is 154 Å². The highest BCUT2D eigenvalue weighted by molar-refractivity contribution is 9.10. The normalized spacial score (nSPS) is 10.4. The number of nitrogens with one attached hydrogen (secondary N) is 2. The zero-order chi connectivity index (χ0) is 18.4. The third kappa shape index (κ3) is 5.56. The van der Waals surface area contributed by atoms with Crippen molar-refractivity contribution in [2.45, 2.75) is 26.7 Å².